The van der Waals surface area contributed by atoms with Crippen molar-refractivity contribution in [2.45, 2.75) is 32.4 Å². The molecule has 0 radical (unpaired) electrons. The molecule has 0 unspecified atom stereocenters. The van der Waals surface area contributed by atoms with Crippen LogP contribution < -0.4 is 15.0 Å². The van der Waals surface area contributed by atoms with Crippen LogP contribution in [0.2, 0.25) is 5.02 Å². The van der Waals surface area contributed by atoms with E-state index in [2.05, 4.69) is 5.32 Å². The minimum atomic E-state index is -0.320. The van der Waals surface area contributed by atoms with Gasteiger partial charge in [-0.2, -0.15) is 0 Å². The van der Waals surface area contributed by atoms with Crippen molar-refractivity contribution in [1.82, 2.24) is 10.2 Å². The lowest BCUT2D eigenvalue weighted by Gasteiger charge is -2.39. The fourth-order valence-electron chi connectivity index (χ4n) is 4.08. The van der Waals surface area contributed by atoms with Gasteiger partial charge in [-0.1, -0.05) is 23.7 Å². The Balaban J connectivity index is 1.34. The van der Waals surface area contributed by atoms with E-state index in [-0.39, 0.29) is 29.8 Å². The predicted octanol–water partition coefficient (Wildman–Crippen LogP) is 4.21. The third kappa shape index (κ3) is 4.93. The van der Waals surface area contributed by atoms with Crippen molar-refractivity contribution in [3.63, 3.8) is 0 Å². The van der Waals surface area contributed by atoms with Crippen LogP contribution in [0.3, 0.4) is 0 Å². The van der Waals surface area contributed by atoms with Crippen molar-refractivity contribution in [3.8, 4) is 5.75 Å². The number of hydrogen-bond acceptors (Lipinski definition) is 3. The maximum Gasteiger partial charge on any atom is 0.324 e. The quantitative estimate of drug-likeness (QED) is 0.769. The van der Waals surface area contributed by atoms with Crippen molar-refractivity contribution in [3.05, 3.63) is 58.9 Å². The summed E-state index contributed by atoms with van der Waals surface area (Å²) in [6.07, 6.45) is 1.05. The number of fused-ring (bicyclic) bond motifs is 1. The fourth-order valence-corrected chi connectivity index (χ4v) is 4.24. The number of piperidine rings is 1. The number of anilines is 1. The normalized spacial score (nSPS) is 18.9. The minimum absolute atomic E-state index is 0.0616. The molecule has 0 saturated carbocycles. The van der Waals surface area contributed by atoms with E-state index in [0.29, 0.717) is 55.5 Å². The highest BCUT2D eigenvalue weighted by Crippen LogP contribution is 2.36. The lowest BCUT2D eigenvalue weighted by Crippen LogP contribution is -2.52. The van der Waals surface area contributed by atoms with E-state index in [4.69, 9.17) is 16.3 Å². The molecule has 3 amide bonds. The first kappa shape index (κ1) is 21.4. The standard InChI is InChI=1S/C23H25ClFN3O3/c1-15-14-28(20-12-18(24)5-6-21(20)31-15)23(30)27-9-7-17(8-10-27)22(29)26-13-16-3-2-4-19(25)11-16/h2-6,11-12,15,17H,7-10,13-14H2,1H3,(H,26,29)/t15-/m1/s1. The summed E-state index contributed by atoms with van der Waals surface area (Å²) >= 11 is 6.13. The Kier molecular flexibility index (Phi) is 6.32. The van der Waals surface area contributed by atoms with Crippen molar-refractivity contribution in [2.75, 3.05) is 24.5 Å². The smallest absolute Gasteiger partial charge is 0.324 e. The zero-order valence-electron chi connectivity index (χ0n) is 17.3. The number of ether oxygens (including phenoxy) is 1. The maximum absolute atomic E-state index is 13.3. The Bertz CT molecular complexity index is 978. The van der Waals surface area contributed by atoms with E-state index in [9.17, 15) is 14.0 Å². The molecule has 164 valence electrons. The molecule has 2 heterocycles. The zero-order valence-corrected chi connectivity index (χ0v) is 18.1. The molecule has 4 rings (SSSR count). The van der Waals surface area contributed by atoms with Gasteiger partial charge >= 0.3 is 6.03 Å². The predicted molar refractivity (Wildman–Crippen MR) is 117 cm³/mol. The third-order valence-electron chi connectivity index (χ3n) is 5.70. The number of nitrogens with one attached hydrogen (secondary N) is 1. The second kappa shape index (κ2) is 9.14. The lowest BCUT2D eigenvalue weighted by molar-refractivity contribution is -0.126. The molecule has 1 atom stereocenters. The molecular weight excluding hydrogens is 421 g/mol. The topological polar surface area (TPSA) is 61.9 Å². The average molecular weight is 446 g/mol. The summed E-state index contributed by atoms with van der Waals surface area (Å²) < 4.78 is 19.1. The first-order valence-electron chi connectivity index (χ1n) is 10.5. The molecule has 2 aromatic rings. The molecule has 31 heavy (non-hydrogen) atoms. The Morgan fingerprint density at radius 3 is 2.71 bits per heavy atom. The minimum Gasteiger partial charge on any atom is -0.487 e. The SMILES string of the molecule is C[C@@H]1CN(C(=O)N2CCC(C(=O)NCc3cccc(F)c3)CC2)c2cc(Cl)ccc2O1. The van der Waals surface area contributed by atoms with Gasteiger partial charge in [0.05, 0.1) is 12.2 Å². The van der Waals surface area contributed by atoms with Crippen molar-refractivity contribution in [2.24, 2.45) is 5.92 Å². The summed E-state index contributed by atoms with van der Waals surface area (Å²) in [4.78, 5) is 29.2. The largest absolute Gasteiger partial charge is 0.487 e. The highest BCUT2D eigenvalue weighted by molar-refractivity contribution is 6.31. The molecule has 0 bridgehead atoms. The van der Waals surface area contributed by atoms with Crippen molar-refractivity contribution < 1.29 is 18.7 Å². The maximum atomic E-state index is 13.3. The molecule has 0 spiro atoms. The highest BCUT2D eigenvalue weighted by Gasteiger charge is 2.34. The third-order valence-corrected chi connectivity index (χ3v) is 5.94. The van der Waals surface area contributed by atoms with E-state index in [1.165, 1.54) is 12.1 Å². The zero-order chi connectivity index (χ0) is 22.0. The van der Waals surface area contributed by atoms with Gasteiger partial charge in [0.1, 0.15) is 17.7 Å². The number of carbonyl (C=O) groups excluding carboxylic acids is 2. The molecule has 1 N–H and O–H groups in total. The number of benzene rings is 2. The van der Waals surface area contributed by atoms with Crippen LogP contribution in [0, 0.1) is 11.7 Å². The summed E-state index contributed by atoms with van der Waals surface area (Å²) in [7, 11) is 0. The fraction of sp³-hybridized carbons (Fsp3) is 0.391. The Morgan fingerprint density at radius 1 is 1.19 bits per heavy atom. The second-order valence-electron chi connectivity index (χ2n) is 8.04. The number of hydrogen-bond donors (Lipinski definition) is 1. The highest BCUT2D eigenvalue weighted by atomic mass is 35.5. The molecule has 2 aliphatic heterocycles. The number of carbonyl (C=O) groups is 2. The van der Waals surface area contributed by atoms with Gasteiger partial charge in [-0.3, -0.25) is 9.69 Å². The summed E-state index contributed by atoms with van der Waals surface area (Å²) in [5, 5.41) is 3.42. The Labute approximate surface area is 185 Å². The van der Waals surface area contributed by atoms with Gasteiger partial charge in [-0.05, 0) is 55.7 Å². The molecule has 2 aromatic carbocycles. The van der Waals surface area contributed by atoms with E-state index >= 15 is 0 Å². The van der Waals surface area contributed by atoms with Crippen LogP contribution in [0.15, 0.2) is 42.5 Å². The van der Waals surface area contributed by atoms with Gasteiger partial charge in [0.15, 0.2) is 0 Å². The molecule has 0 aromatic heterocycles. The average Bonchev–Trinajstić information content (AvgIpc) is 2.77. The van der Waals surface area contributed by atoms with Gasteiger partial charge < -0.3 is 15.0 Å². The molecular formula is C23H25ClFN3O3. The van der Waals surface area contributed by atoms with E-state index < -0.39 is 0 Å². The second-order valence-corrected chi connectivity index (χ2v) is 8.48. The monoisotopic (exact) mass is 445 g/mol. The van der Waals surface area contributed by atoms with Crippen molar-refractivity contribution in [1.29, 1.82) is 0 Å². The van der Waals surface area contributed by atoms with Gasteiger partial charge in [-0.25, -0.2) is 9.18 Å². The van der Waals surface area contributed by atoms with Crippen LogP contribution in [0.25, 0.3) is 0 Å². The number of halogens is 2. The molecule has 8 heteroatoms. The Morgan fingerprint density at radius 2 is 1.97 bits per heavy atom. The van der Waals surface area contributed by atoms with E-state index in [1.54, 1.807) is 40.1 Å². The van der Waals surface area contributed by atoms with Crippen LogP contribution >= 0.6 is 11.6 Å². The van der Waals surface area contributed by atoms with Gasteiger partial charge in [0.25, 0.3) is 0 Å². The molecule has 0 aliphatic carbocycles. The van der Waals surface area contributed by atoms with Gasteiger partial charge in [-0.15, -0.1) is 0 Å². The summed E-state index contributed by atoms with van der Waals surface area (Å²) in [6.45, 7) is 3.66. The molecule has 2 aliphatic rings. The van der Waals surface area contributed by atoms with Crippen LogP contribution in [0.1, 0.15) is 25.3 Å². The molecule has 6 nitrogen and oxygen atoms in total. The van der Waals surface area contributed by atoms with E-state index in [0.717, 1.165) is 5.56 Å². The first-order valence-corrected chi connectivity index (χ1v) is 10.8. The first-order chi connectivity index (χ1) is 14.9. The van der Waals surface area contributed by atoms with Crippen LogP contribution in [-0.2, 0) is 11.3 Å². The summed E-state index contributed by atoms with van der Waals surface area (Å²) in [5.41, 5.74) is 1.39. The van der Waals surface area contributed by atoms with Gasteiger partial charge in [0, 0.05) is 30.6 Å². The molecule has 1 fully saturated rings. The van der Waals surface area contributed by atoms with Gasteiger partial charge in [0.2, 0.25) is 5.91 Å². The number of urea groups is 1. The lowest BCUT2D eigenvalue weighted by atomic mass is 9.96. The number of amides is 3. The number of likely N-dealkylation sites (tertiary alicyclic amines) is 1. The van der Waals surface area contributed by atoms with Crippen LogP contribution in [0.4, 0.5) is 14.9 Å². The molecule has 1 saturated heterocycles. The van der Waals surface area contributed by atoms with Crippen LogP contribution in [-0.4, -0.2) is 42.6 Å². The summed E-state index contributed by atoms with van der Waals surface area (Å²) in [6, 6.07) is 11.4. The van der Waals surface area contributed by atoms with Crippen molar-refractivity contribution >= 4 is 29.2 Å². The number of rotatable bonds is 3. The van der Waals surface area contributed by atoms with Crippen LogP contribution in [0.5, 0.6) is 5.75 Å². The number of nitrogens with zero attached hydrogens (tertiary/aromatic N) is 2. The van der Waals surface area contributed by atoms with E-state index in [1.807, 2.05) is 6.92 Å². The summed E-state index contributed by atoms with van der Waals surface area (Å²) in [5.74, 6) is 0.0957. The Hall–Kier alpha value is -2.80.